The van der Waals surface area contributed by atoms with E-state index in [1.807, 2.05) is 38.1 Å². The number of rotatable bonds is 3. The van der Waals surface area contributed by atoms with E-state index < -0.39 is 25.5 Å². The Morgan fingerprint density at radius 2 is 1.90 bits per heavy atom. The maximum absolute atomic E-state index is 8.84. The molecule has 3 nitrogen and oxygen atoms in total. The number of aryl methyl sites for hydroxylation is 4. The lowest BCUT2D eigenvalue weighted by molar-refractivity contribution is -0.660. The van der Waals surface area contributed by atoms with E-state index in [0.717, 1.165) is 46.6 Å². The molecule has 0 spiro atoms. The first-order valence-electron chi connectivity index (χ1n) is 13.8. The van der Waals surface area contributed by atoms with Crippen molar-refractivity contribution >= 4 is 22.1 Å². The van der Waals surface area contributed by atoms with Crippen LogP contribution in [-0.2, 0) is 19.8 Å². The van der Waals surface area contributed by atoms with Gasteiger partial charge in [-0.2, -0.15) is 0 Å². The molecule has 0 saturated carbocycles. The highest BCUT2D eigenvalue weighted by Gasteiger charge is 2.23. The first-order chi connectivity index (χ1) is 17.0. The van der Waals surface area contributed by atoms with Crippen LogP contribution in [0.3, 0.4) is 0 Å². The number of fused-ring (bicyclic) bond motifs is 3. The molecule has 3 heteroatoms. The van der Waals surface area contributed by atoms with Gasteiger partial charge in [0.05, 0.1) is 5.56 Å². The molecule has 4 rings (SSSR count). The minimum absolute atomic E-state index is 0.0113. The van der Waals surface area contributed by atoms with Crippen LogP contribution < -0.4 is 4.57 Å². The fourth-order valence-corrected chi connectivity index (χ4v) is 3.77. The van der Waals surface area contributed by atoms with Gasteiger partial charge in [-0.15, -0.1) is 0 Å². The van der Waals surface area contributed by atoms with E-state index >= 15 is 0 Å². The minimum Gasteiger partial charge on any atom is -0.437 e. The Balaban J connectivity index is 1.97. The number of benzene rings is 1. The van der Waals surface area contributed by atoms with Gasteiger partial charge in [0.15, 0.2) is 11.8 Å². The van der Waals surface area contributed by atoms with Crippen LogP contribution in [0.1, 0.15) is 60.9 Å². The van der Waals surface area contributed by atoms with Crippen molar-refractivity contribution in [2.75, 3.05) is 0 Å². The summed E-state index contributed by atoms with van der Waals surface area (Å²) in [5, 5.41) is 1.80. The summed E-state index contributed by atoms with van der Waals surface area (Å²) in [5.74, 6) is 0. The average molecular weight is 396 g/mol. The first kappa shape index (κ1) is 12.1. The zero-order valence-electron chi connectivity index (χ0n) is 25.5. The summed E-state index contributed by atoms with van der Waals surface area (Å²) in [7, 11) is 1.73. The van der Waals surface area contributed by atoms with Crippen LogP contribution in [-0.4, -0.2) is 4.98 Å². The molecule has 3 aromatic heterocycles. The summed E-state index contributed by atoms with van der Waals surface area (Å²) in [6, 6.07) is 9.71. The SMILES string of the molecule is [2H]C([2H])([2H])C(C)(C([2H])([2H])[2H])C([2H])([2H])c1c[n+](C)c(-c2c(C)ccc3c2oc2nc(CC)ccc23)cc1C. The molecule has 0 atom stereocenters. The van der Waals surface area contributed by atoms with Crippen LogP contribution in [0.15, 0.2) is 40.9 Å². The largest absolute Gasteiger partial charge is 0.437 e. The Hall–Kier alpha value is -2.68. The van der Waals surface area contributed by atoms with Crippen molar-refractivity contribution in [1.29, 1.82) is 0 Å². The predicted molar refractivity (Wildman–Crippen MR) is 120 cm³/mol. The highest BCUT2D eigenvalue weighted by molar-refractivity contribution is 6.08. The van der Waals surface area contributed by atoms with E-state index in [4.69, 9.17) is 15.4 Å². The van der Waals surface area contributed by atoms with Gasteiger partial charge in [0.2, 0.25) is 11.4 Å². The van der Waals surface area contributed by atoms with Crippen LogP contribution in [0.25, 0.3) is 33.3 Å². The summed E-state index contributed by atoms with van der Waals surface area (Å²) in [6.45, 7) is 0.476. The highest BCUT2D eigenvalue weighted by Crippen LogP contribution is 2.37. The third-order valence-corrected chi connectivity index (χ3v) is 5.26. The summed E-state index contributed by atoms with van der Waals surface area (Å²) in [6.07, 6.45) is -0.415. The van der Waals surface area contributed by atoms with Crippen molar-refractivity contribution in [3.05, 3.63) is 58.9 Å². The molecule has 0 aliphatic rings. The normalized spacial score (nSPS) is 17.7. The van der Waals surface area contributed by atoms with Gasteiger partial charge < -0.3 is 4.42 Å². The van der Waals surface area contributed by atoms with Gasteiger partial charge in [0.1, 0.15) is 7.05 Å². The Morgan fingerprint density at radius 3 is 2.62 bits per heavy atom. The van der Waals surface area contributed by atoms with Gasteiger partial charge in [-0.1, -0.05) is 39.7 Å². The molecule has 0 aliphatic carbocycles. The zero-order chi connectivity index (χ0) is 27.7. The molecular weight excluding hydrogens is 356 g/mol. The van der Waals surface area contributed by atoms with Gasteiger partial charge in [-0.3, -0.25) is 0 Å². The van der Waals surface area contributed by atoms with Crippen molar-refractivity contribution in [3.8, 4) is 11.3 Å². The van der Waals surface area contributed by atoms with Crippen molar-refractivity contribution < 1.29 is 20.0 Å². The Kier molecular flexibility index (Phi) is 2.92. The lowest BCUT2D eigenvalue weighted by Gasteiger charge is -2.19. The summed E-state index contributed by atoms with van der Waals surface area (Å²) < 4.78 is 73.4. The lowest BCUT2D eigenvalue weighted by Crippen LogP contribution is -2.32. The second-order valence-corrected chi connectivity index (χ2v) is 7.86. The van der Waals surface area contributed by atoms with Crippen LogP contribution in [0, 0.1) is 19.3 Å². The molecule has 0 fully saturated rings. The number of pyridine rings is 2. The number of hydrogen-bond acceptors (Lipinski definition) is 2. The fraction of sp³-hybridized carbons (Fsp3) is 0.385. The van der Waals surface area contributed by atoms with Crippen LogP contribution in [0.2, 0.25) is 0 Å². The van der Waals surface area contributed by atoms with E-state index in [0.29, 0.717) is 16.9 Å². The van der Waals surface area contributed by atoms with Gasteiger partial charge in [0.25, 0.3) is 0 Å². The summed E-state index contributed by atoms with van der Waals surface area (Å²) in [5.41, 5.74) is 2.39. The van der Waals surface area contributed by atoms with Crippen molar-refractivity contribution in [2.45, 2.75) is 54.2 Å². The molecule has 150 valence electrons. The monoisotopic (exact) mass is 395 g/mol. The number of nitrogens with zero attached hydrogens (tertiary/aromatic N) is 2. The summed E-state index contributed by atoms with van der Waals surface area (Å²) in [4.78, 5) is 4.63. The molecule has 4 aromatic rings. The van der Waals surface area contributed by atoms with Crippen LogP contribution in [0.5, 0.6) is 0 Å². The molecule has 0 N–H and O–H groups in total. The fourth-order valence-electron chi connectivity index (χ4n) is 3.77. The topological polar surface area (TPSA) is 29.9 Å². The molecule has 0 aliphatic heterocycles. The van der Waals surface area contributed by atoms with Crippen molar-refractivity contribution in [2.24, 2.45) is 12.5 Å². The second-order valence-electron chi connectivity index (χ2n) is 7.86. The maximum atomic E-state index is 8.84. The van der Waals surface area contributed by atoms with Gasteiger partial charge >= 0.3 is 0 Å². The third kappa shape index (κ3) is 3.55. The highest BCUT2D eigenvalue weighted by atomic mass is 16.3. The summed E-state index contributed by atoms with van der Waals surface area (Å²) >= 11 is 0. The molecule has 0 radical (unpaired) electrons. The van der Waals surface area contributed by atoms with Gasteiger partial charge in [-0.05, 0) is 55.3 Å². The molecule has 0 bridgehead atoms. The van der Waals surface area contributed by atoms with E-state index in [-0.39, 0.29) is 5.56 Å². The molecule has 0 saturated heterocycles. The zero-order valence-corrected chi connectivity index (χ0v) is 17.5. The molecule has 3 heterocycles. The van der Waals surface area contributed by atoms with E-state index in [2.05, 4.69) is 4.98 Å². The van der Waals surface area contributed by atoms with Gasteiger partial charge in [0, 0.05) is 39.1 Å². The van der Waals surface area contributed by atoms with E-state index in [1.54, 1.807) is 24.6 Å². The van der Waals surface area contributed by atoms with E-state index in [1.165, 1.54) is 6.20 Å². The molecule has 0 amide bonds. The van der Waals surface area contributed by atoms with Crippen molar-refractivity contribution in [3.63, 3.8) is 0 Å². The Bertz CT molecular complexity index is 1500. The van der Waals surface area contributed by atoms with Crippen LogP contribution in [0.4, 0.5) is 0 Å². The predicted octanol–water partition coefficient (Wildman–Crippen LogP) is 6.24. The first-order valence-corrected chi connectivity index (χ1v) is 9.78. The molecule has 1 aromatic carbocycles. The Labute approximate surface area is 184 Å². The number of hydrogen-bond donors (Lipinski definition) is 0. The minimum atomic E-state index is -3.08. The smallest absolute Gasteiger partial charge is 0.227 e. The third-order valence-electron chi connectivity index (χ3n) is 5.26. The molecule has 29 heavy (non-hydrogen) atoms. The lowest BCUT2D eigenvalue weighted by atomic mass is 9.86. The van der Waals surface area contributed by atoms with Gasteiger partial charge in [-0.25, -0.2) is 9.55 Å². The molecule has 0 unspecified atom stereocenters. The van der Waals surface area contributed by atoms with Crippen molar-refractivity contribution in [1.82, 2.24) is 4.98 Å². The second kappa shape index (κ2) is 6.98. The quantitative estimate of drug-likeness (QED) is 0.384. The van der Waals surface area contributed by atoms with E-state index in [9.17, 15) is 0 Å². The number of aromatic nitrogens is 2. The van der Waals surface area contributed by atoms with Crippen LogP contribution >= 0.6 is 0 Å². The number of furan rings is 1. The average Bonchev–Trinajstić information content (AvgIpc) is 3.15. The molecular formula is C26H31N2O+. The maximum Gasteiger partial charge on any atom is 0.227 e. The Morgan fingerprint density at radius 1 is 1.14 bits per heavy atom. The standard InChI is InChI=1S/C26H31N2O/c1-8-19-10-12-21-20-11-9-16(2)23(24(20)29-25(21)27-19)22-13-17(3)18(15-28(22)7)14-26(4,5)6/h9-13,15H,8,14H2,1-7H3/q+1/i4D3,5D3,14D2.